The number of rotatable bonds is 16. The van der Waals surface area contributed by atoms with Crippen molar-refractivity contribution in [1.82, 2.24) is 0 Å². The molecule has 5 aliphatic heterocycles. The minimum Gasteiger partial charge on any atom is -0.457 e. The first kappa shape index (κ1) is 70.6. The third kappa shape index (κ3) is 10.9. The highest BCUT2D eigenvalue weighted by atomic mass is 16.8. The van der Waals surface area contributed by atoms with Gasteiger partial charge in [-0.3, -0.25) is 4.79 Å². The van der Waals surface area contributed by atoms with Crippen LogP contribution in [0.15, 0.2) is 11.6 Å². The van der Waals surface area contributed by atoms with Gasteiger partial charge in [0.2, 0.25) is 0 Å². The van der Waals surface area contributed by atoms with Crippen LogP contribution < -0.4 is 0 Å². The first-order valence-corrected chi connectivity index (χ1v) is 32.4. The van der Waals surface area contributed by atoms with Crippen LogP contribution >= 0.6 is 0 Å². The Balaban J connectivity index is 0.963. The van der Waals surface area contributed by atoms with E-state index in [1.165, 1.54) is 6.92 Å². The Kier molecular flexibility index (Phi) is 20.1. The smallest absolute Gasteiger partial charge is 0.333 e. The van der Waals surface area contributed by atoms with E-state index in [1.54, 1.807) is 19.9 Å². The van der Waals surface area contributed by atoms with Gasteiger partial charge in [-0.05, 0) is 107 Å². The van der Waals surface area contributed by atoms with Crippen molar-refractivity contribution in [2.75, 3.05) is 19.8 Å². The number of allylic oxidation sites excluding steroid dienone is 1. The van der Waals surface area contributed by atoms with Crippen LogP contribution in [0.1, 0.15) is 140 Å². The fourth-order valence-electron chi connectivity index (χ4n) is 19.3. The lowest BCUT2D eigenvalue weighted by molar-refractivity contribution is -0.409. The molecular formula is C63H102O27. The van der Waals surface area contributed by atoms with Crippen molar-refractivity contribution < 1.29 is 133 Å². The summed E-state index contributed by atoms with van der Waals surface area (Å²) in [5.74, 6) is -1.78. The summed E-state index contributed by atoms with van der Waals surface area (Å²) in [5, 5.41) is 158. The number of fused-ring (bicyclic) bond motifs is 4. The zero-order chi connectivity index (χ0) is 66.1. The molecule has 10 aliphatic rings. The molecule has 1 spiro atoms. The van der Waals surface area contributed by atoms with E-state index in [4.69, 9.17) is 52.1 Å². The van der Waals surface area contributed by atoms with E-state index in [1.807, 2.05) is 20.8 Å². The Bertz CT molecular complexity index is 2570. The van der Waals surface area contributed by atoms with Gasteiger partial charge in [0, 0.05) is 28.7 Å². The monoisotopic (exact) mass is 1290 g/mol. The lowest BCUT2D eigenvalue weighted by Gasteiger charge is -2.75. The molecule has 5 saturated heterocycles. The van der Waals surface area contributed by atoms with Crippen molar-refractivity contribution in [3.63, 3.8) is 0 Å². The summed E-state index contributed by atoms with van der Waals surface area (Å²) in [4.78, 5) is 27.4. The second kappa shape index (κ2) is 25.6. The first-order valence-electron chi connectivity index (χ1n) is 32.4. The lowest BCUT2D eigenvalue weighted by Crippen LogP contribution is -2.77. The maximum absolute atomic E-state index is 13.7. The molecule has 10 rings (SSSR count). The third-order valence-electron chi connectivity index (χ3n) is 24.5. The van der Waals surface area contributed by atoms with Crippen LogP contribution in [-0.2, 0) is 61.7 Å². The molecule has 27 nitrogen and oxygen atoms in total. The van der Waals surface area contributed by atoms with Crippen molar-refractivity contribution in [3.05, 3.63) is 11.6 Å². The van der Waals surface area contributed by atoms with E-state index in [-0.39, 0.29) is 24.7 Å². The van der Waals surface area contributed by atoms with E-state index in [0.717, 1.165) is 0 Å². The topological polar surface area (TPSA) is 419 Å². The molecule has 33 unspecified atom stereocenters. The Morgan fingerprint density at radius 2 is 1.10 bits per heavy atom. The molecule has 5 aliphatic carbocycles. The molecule has 5 heterocycles. The number of hydrogen-bond donors (Lipinski definition) is 14. The van der Waals surface area contributed by atoms with Crippen molar-refractivity contribution in [2.24, 2.45) is 50.2 Å². The maximum Gasteiger partial charge on any atom is 0.333 e. The van der Waals surface area contributed by atoms with Crippen LogP contribution in [0.5, 0.6) is 0 Å². The minimum atomic E-state index is -2.02. The summed E-state index contributed by atoms with van der Waals surface area (Å²) in [5.41, 5.74) is -5.58. The Hall–Kier alpha value is -2.24. The summed E-state index contributed by atoms with van der Waals surface area (Å²) in [7, 11) is 0. The molecule has 0 aromatic heterocycles. The average molecular weight is 1290 g/mol. The van der Waals surface area contributed by atoms with Gasteiger partial charge in [-0.25, -0.2) is 4.79 Å². The van der Waals surface area contributed by atoms with E-state index in [0.29, 0.717) is 56.9 Å². The van der Waals surface area contributed by atoms with Crippen LogP contribution in [0.25, 0.3) is 0 Å². The zero-order valence-corrected chi connectivity index (χ0v) is 53.5. The number of esters is 2. The second-order valence-electron chi connectivity index (χ2n) is 29.8. The molecule has 27 heteroatoms. The SMILES string of the molecule is CC=C(C)C(=O)OC1C(OC(=O)CCC)C23C(O)CC4(C)C5(C)CCC6C(C)(C)C(OC7OC(CO)C(O)C(OC8OC(CO)C(O)C(O)C8OC8OC(C)C(O)C(O)C8O)C7OC7OC(CO)C(O)C(O)C7O)CCC6(C)C5CCC4(OC2O)C3CC1(C)C. The molecule has 516 valence electrons. The van der Waals surface area contributed by atoms with Crippen LogP contribution in [0.4, 0.5) is 0 Å². The van der Waals surface area contributed by atoms with Crippen LogP contribution in [0.3, 0.4) is 0 Å². The molecule has 14 N–H and O–H groups in total. The molecular weight excluding hydrogens is 1190 g/mol. The van der Waals surface area contributed by atoms with Gasteiger partial charge in [0.15, 0.2) is 37.6 Å². The number of hydrogen-bond acceptors (Lipinski definition) is 27. The Labute approximate surface area is 524 Å². The summed E-state index contributed by atoms with van der Waals surface area (Å²) >= 11 is 0. The quantitative estimate of drug-likeness (QED) is 0.0491. The summed E-state index contributed by atoms with van der Waals surface area (Å²) in [6.07, 6.45) is -35.4. The summed E-state index contributed by atoms with van der Waals surface area (Å²) in [6.45, 7) is 18.8. The highest BCUT2D eigenvalue weighted by molar-refractivity contribution is 5.87. The molecule has 33 atom stereocenters. The van der Waals surface area contributed by atoms with Gasteiger partial charge in [0.25, 0.3) is 0 Å². The fraction of sp³-hybridized carbons (Fsp3) is 0.937. The first-order chi connectivity index (χ1) is 42.1. The number of aliphatic hydroxyl groups excluding tert-OH is 14. The molecule has 2 bridgehead atoms. The van der Waals surface area contributed by atoms with Crippen LogP contribution in [0.2, 0.25) is 0 Å². The maximum atomic E-state index is 13.7. The summed E-state index contributed by atoms with van der Waals surface area (Å²) in [6, 6.07) is 0. The Morgan fingerprint density at radius 3 is 1.71 bits per heavy atom. The summed E-state index contributed by atoms with van der Waals surface area (Å²) < 4.78 is 69.9. The molecule has 0 aromatic carbocycles. The van der Waals surface area contributed by atoms with Gasteiger partial charge >= 0.3 is 11.9 Å². The molecule has 0 radical (unpaired) electrons. The largest absolute Gasteiger partial charge is 0.457 e. The lowest BCUT2D eigenvalue weighted by atomic mass is 9.30. The van der Waals surface area contributed by atoms with Gasteiger partial charge < -0.3 is 124 Å². The van der Waals surface area contributed by atoms with Crippen molar-refractivity contribution in [1.29, 1.82) is 0 Å². The third-order valence-corrected chi connectivity index (χ3v) is 24.5. The molecule has 0 aromatic rings. The van der Waals surface area contributed by atoms with Crippen LogP contribution in [0, 0.1) is 50.2 Å². The predicted molar refractivity (Wildman–Crippen MR) is 307 cm³/mol. The number of carbonyl (C=O) groups excluding carboxylic acids is 2. The molecule has 10 fully saturated rings. The van der Waals surface area contributed by atoms with Gasteiger partial charge in [-0.15, -0.1) is 0 Å². The standard InChI is InChI=1S/C63H102O27/c1-12-14-36(68)85-50-49(89-51(78)26(3)13-2)57(5,6)21-33-62-20-16-32-59(9)18-17-35(58(7,8)31(59)15-19-60(32,10)61(62,11)22-34(67)63(33,50)56(79)90-62)84-55-48(88-53-45(77)42(74)38(70)28(23-64)81-53)46(40(72)30(25-66)83-55)86-54-47(43(75)39(71)29(24-65)82-54)87-52-44(76)41(73)37(69)27(4)80-52/h13,27-35,37-50,52-56,64-67,69-77,79H,12,14-25H2,1-11H3. The van der Waals surface area contributed by atoms with Gasteiger partial charge in [0.1, 0.15) is 97.7 Å². The molecule has 90 heavy (non-hydrogen) atoms. The Morgan fingerprint density at radius 1 is 0.556 bits per heavy atom. The highest BCUT2D eigenvalue weighted by Crippen LogP contribution is 2.82. The van der Waals surface area contributed by atoms with Gasteiger partial charge in [-0.2, -0.15) is 0 Å². The fourth-order valence-corrected chi connectivity index (χ4v) is 19.3. The van der Waals surface area contributed by atoms with Crippen molar-refractivity contribution in [2.45, 2.75) is 299 Å². The zero-order valence-electron chi connectivity index (χ0n) is 53.5. The molecule has 0 amide bonds. The number of ether oxygens (including phenoxy) is 11. The predicted octanol–water partition coefficient (Wildman–Crippen LogP) is -1.19. The van der Waals surface area contributed by atoms with Crippen molar-refractivity contribution in [3.8, 4) is 0 Å². The molecule has 5 saturated carbocycles. The normalized spacial score (nSPS) is 53.1. The minimum absolute atomic E-state index is 0.00762. The van der Waals surface area contributed by atoms with E-state index in [9.17, 15) is 81.1 Å². The van der Waals surface area contributed by atoms with E-state index >= 15 is 0 Å². The highest BCUT2D eigenvalue weighted by Gasteiger charge is 2.86. The van der Waals surface area contributed by atoms with Crippen molar-refractivity contribution >= 4 is 11.9 Å². The van der Waals surface area contributed by atoms with Gasteiger partial charge in [0.05, 0.1) is 49.1 Å². The second-order valence-corrected chi connectivity index (χ2v) is 29.8. The van der Waals surface area contributed by atoms with Crippen LogP contribution in [-0.4, -0.2) is 262 Å². The number of carbonyl (C=O) groups is 2. The number of aliphatic hydroxyl groups is 14. The van der Waals surface area contributed by atoms with E-state index in [2.05, 4.69) is 34.6 Å². The van der Waals surface area contributed by atoms with E-state index < -0.39 is 229 Å². The average Bonchev–Trinajstić information content (AvgIpc) is 1.38. The van der Waals surface area contributed by atoms with Gasteiger partial charge in [-0.1, -0.05) is 61.5 Å².